The maximum Gasteiger partial charge on any atom is 0.173 e. The minimum Gasteiger partial charge on any atom is -0.497 e. The van der Waals surface area contributed by atoms with Gasteiger partial charge in [-0.1, -0.05) is 0 Å². The lowest BCUT2D eigenvalue weighted by atomic mass is 10.2. The van der Waals surface area contributed by atoms with Crippen LogP contribution in [0.5, 0.6) is 11.5 Å². The van der Waals surface area contributed by atoms with Gasteiger partial charge in [-0.25, -0.2) is 0 Å². The molecule has 1 aliphatic heterocycles. The van der Waals surface area contributed by atoms with Crippen molar-refractivity contribution in [2.24, 2.45) is 7.05 Å². The molecule has 1 N–H and O–H groups in total. The summed E-state index contributed by atoms with van der Waals surface area (Å²) in [6, 6.07) is 5.66. The Balaban J connectivity index is 1.55. The number of piperazine rings is 1. The molecular weight excluding hydrogens is 362 g/mol. The molecule has 2 aromatic rings. The van der Waals surface area contributed by atoms with E-state index >= 15 is 0 Å². The number of ether oxygens (including phenoxy) is 2. The van der Waals surface area contributed by atoms with Gasteiger partial charge in [-0.05, 0) is 31.3 Å². The van der Waals surface area contributed by atoms with Crippen LogP contribution < -0.4 is 14.8 Å². The summed E-state index contributed by atoms with van der Waals surface area (Å²) in [7, 11) is 5.24. The number of rotatable bonds is 5. The Kier molecular flexibility index (Phi) is 6.18. The van der Waals surface area contributed by atoms with E-state index in [1.54, 1.807) is 14.2 Å². The van der Waals surface area contributed by atoms with Crippen LogP contribution in [0.25, 0.3) is 0 Å². The maximum absolute atomic E-state index is 5.61. The Bertz CT molecular complexity index is 799. The molecule has 1 fully saturated rings. The number of hydrogen-bond donors (Lipinski definition) is 1. The third-order valence-electron chi connectivity index (χ3n) is 4.82. The van der Waals surface area contributed by atoms with Crippen molar-refractivity contribution in [2.45, 2.75) is 13.5 Å². The standard InChI is InChI=1S/C19H27N5O2S/c1-14-15(12-22(2)21-14)13-23-7-9-24(10-8-23)19(27)20-17-6-5-16(25-3)11-18(17)26-4/h5-6,11-12H,7-10,13H2,1-4H3,(H,20,27). The minimum atomic E-state index is 0.711. The topological polar surface area (TPSA) is 54.8 Å². The Hall–Kier alpha value is -2.32. The second-order valence-corrected chi connectivity index (χ2v) is 7.06. The fourth-order valence-corrected chi connectivity index (χ4v) is 3.54. The van der Waals surface area contributed by atoms with Gasteiger partial charge in [0.25, 0.3) is 0 Å². The molecule has 7 nitrogen and oxygen atoms in total. The number of anilines is 1. The molecule has 0 radical (unpaired) electrons. The molecule has 3 rings (SSSR count). The summed E-state index contributed by atoms with van der Waals surface area (Å²) in [6.07, 6.45) is 2.10. The number of benzene rings is 1. The van der Waals surface area contributed by atoms with Gasteiger partial charge in [-0.3, -0.25) is 9.58 Å². The van der Waals surface area contributed by atoms with Crippen molar-refractivity contribution in [1.29, 1.82) is 0 Å². The summed E-state index contributed by atoms with van der Waals surface area (Å²) >= 11 is 5.61. The monoisotopic (exact) mass is 389 g/mol. The third-order valence-corrected chi connectivity index (χ3v) is 5.18. The predicted molar refractivity (Wildman–Crippen MR) is 111 cm³/mol. The highest BCUT2D eigenvalue weighted by Gasteiger charge is 2.20. The van der Waals surface area contributed by atoms with E-state index in [2.05, 4.69) is 33.3 Å². The molecular formula is C19H27N5O2S. The summed E-state index contributed by atoms with van der Waals surface area (Å²) in [5, 5.41) is 8.45. The van der Waals surface area contributed by atoms with Crippen LogP contribution >= 0.6 is 12.2 Å². The van der Waals surface area contributed by atoms with Crippen molar-refractivity contribution in [1.82, 2.24) is 19.6 Å². The van der Waals surface area contributed by atoms with Crippen molar-refractivity contribution in [2.75, 3.05) is 45.7 Å². The fourth-order valence-electron chi connectivity index (χ4n) is 3.25. The zero-order valence-corrected chi connectivity index (χ0v) is 17.2. The van der Waals surface area contributed by atoms with Crippen LogP contribution in [-0.2, 0) is 13.6 Å². The zero-order chi connectivity index (χ0) is 19.4. The molecule has 146 valence electrons. The first-order chi connectivity index (χ1) is 13.0. The van der Waals surface area contributed by atoms with E-state index in [4.69, 9.17) is 21.7 Å². The van der Waals surface area contributed by atoms with Crippen LogP contribution in [0.4, 0.5) is 5.69 Å². The highest BCUT2D eigenvalue weighted by Crippen LogP contribution is 2.29. The lowest BCUT2D eigenvalue weighted by Crippen LogP contribution is -2.49. The second-order valence-electron chi connectivity index (χ2n) is 6.67. The summed E-state index contributed by atoms with van der Waals surface area (Å²) in [5.74, 6) is 1.46. The minimum absolute atomic E-state index is 0.711. The third kappa shape index (κ3) is 4.70. The van der Waals surface area contributed by atoms with Gasteiger partial charge >= 0.3 is 0 Å². The molecule has 0 atom stereocenters. The smallest absolute Gasteiger partial charge is 0.173 e. The molecule has 0 bridgehead atoms. The SMILES string of the molecule is COc1ccc(NC(=S)N2CCN(Cc3cn(C)nc3C)CC2)c(OC)c1. The summed E-state index contributed by atoms with van der Waals surface area (Å²) in [4.78, 5) is 4.64. The highest BCUT2D eigenvalue weighted by molar-refractivity contribution is 7.80. The predicted octanol–water partition coefficient (Wildman–Crippen LogP) is 2.26. The van der Waals surface area contributed by atoms with Gasteiger partial charge in [0, 0.05) is 57.6 Å². The molecule has 0 aliphatic carbocycles. The molecule has 27 heavy (non-hydrogen) atoms. The van der Waals surface area contributed by atoms with Crippen molar-refractivity contribution < 1.29 is 9.47 Å². The van der Waals surface area contributed by atoms with E-state index in [1.165, 1.54) is 5.56 Å². The number of thiocarbonyl (C=S) groups is 1. The fraction of sp³-hybridized carbons (Fsp3) is 0.474. The molecule has 2 heterocycles. The molecule has 0 saturated carbocycles. The van der Waals surface area contributed by atoms with Gasteiger partial charge in [0.15, 0.2) is 5.11 Å². The van der Waals surface area contributed by atoms with Crippen LogP contribution in [0, 0.1) is 6.92 Å². The van der Waals surface area contributed by atoms with Gasteiger partial charge in [-0.2, -0.15) is 5.10 Å². The van der Waals surface area contributed by atoms with E-state index in [0.29, 0.717) is 5.75 Å². The van der Waals surface area contributed by atoms with Crippen LogP contribution in [-0.4, -0.2) is 65.1 Å². The number of nitrogens with one attached hydrogen (secondary N) is 1. The van der Waals surface area contributed by atoms with Crippen LogP contribution in [0.1, 0.15) is 11.3 Å². The van der Waals surface area contributed by atoms with Crippen molar-refractivity contribution in [3.8, 4) is 11.5 Å². The van der Waals surface area contributed by atoms with Gasteiger partial charge in [0.1, 0.15) is 11.5 Å². The number of aromatic nitrogens is 2. The first-order valence-electron chi connectivity index (χ1n) is 8.99. The molecule has 1 aliphatic rings. The molecule has 1 aromatic heterocycles. The number of aryl methyl sites for hydroxylation is 2. The van der Waals surface area contributed by atoms with Crippen molar-refractivity contribution in [3.63, 3.8) is 0 Å². The Morgan fingerprint density at radius 2 is 1.93 bits per heavy atom. The first-order valence-corrected chi connectivity index (χ1v) is 9.40. The average molecular weight is 390 g/mol. The van der Waals surface area contributed by atoms with E-state index < -0.39 is 0 Å². The normalized spacial score (nSPS) is 14.9. The number of methoxy groups -OCH3 is 2. The molecule has 8 heteroatoms. The highest BCUT2D eigenvalue weighted by atomic mass is 32.1. The van der Waals surface area contributed by atoms with Crippen LogP contribution in [0.2, 0.25) is 0 Å². The molecule has 0 spiro atoms. The quantitative estimate of drug-likeness (QED) is 0.787. The van der Waals surface area contributed by atoms with Crippen LogP contribution in [0.3, 0.4) is 0 Å². The van der Waals surface area contributed by atoms with Gasteiger partial charge in [0.2, 0.25) is 0 Å². The van der Waals surface area contributed by atoms with E-state index in [9.17, 15) is 0 Å². The first kappa shape index (κ1) is 19.4. The average Bonchev–Trinajstić information content (AvgIpc) is 2.99. The summed E-state index contributed by atoms with van der Waals surface area (Å²) in [6.45, 7) is 6.71. The Labute approximate surface area is 165 Å². The molecule has 0 unspecified atom stereocenters. The Morgan fingerprint density at radius 1 is 1.19 bits per heavy atom. The van der Waals surface area contributed by atoms with Gasteiger partial charge < -0.3 is 19.7 Å². The largest absolute Gasteiger partial charge is 0.497 e. The molecule has 1 aromatic carbocycles. The number of nitrogens with zero attached hydrogens (tertiary/aromatic N) is 4. The van der Waals surface area contributed by atoms with Crippen LogP contribution in [0.15, 0.2) is 24.4 Å². The zero-order valence-electron chi connectivity index (χ0n) is 16.4. The lowest BCUT2D eigenvalue weighted by Gasteiger charge is -2.36. The Morgan fingerprint density at radius 3 is 2.52 bits per heavy atom. The molecule has 0 amide bonds. The summed E-state index contributed by atoms with van der Waals surface area (Å²) < 4.78 is 12.6. The lowest BCUT2D eigenvalue weighted by molar-refractivity contribution is 0.176. The number of hydrogen-bond acceptors (Lipinski definition) is 5. The van der Waals surface area contributed by atoms with Gasteiger partial charge in [-0.15, -0.1) is 0 Å². The van der Waals surface area contributed by atoms with E-state index in [-0.39, 0.29) is 0 Å². The summed E-state index contributed by atoms with van der Waals surface area (Å²) in [5.41, 5.74) is 3.23. The second kappa shape index (κ2) is 8.58. The van der Waals surface area contributed by atoms with E-state index in [0.717, 1.165) is 55.0 Å². The van der Waals surface area contributed by atoms with E-state index in [1.807, 2.05) is 29.9 Å². The molecule has 1 saturated heterocycles. The van der Waals surface area contributed by atoms with Crippen molar-refractivity contribution >= 4 is 23.0 Å². The maximum atomic E-state index is 5.61. The van der Waals surface area contributed by atoms with Crippen molar-refractivity contribution in [3.05, 3.63) is 35.7 Å². The van der Waals surface area contributed by atoms with Gasteiger partial charge in [0.05, 0.1) is 25.6 Å².